The van der Waals surface area contributed by atoms with Gasteiger partial charge in [-0.1, -0.05) is 11.3 Å². The van der Waals surface area contributed by atoms with E-state index in [4.69, 9.17) is 0 Å². The number of rotatable bonds is 3. The van der Waals surface area contributed by atoms with Gasteiger partial charge in [0.25, 0.3) is 5.69 Å². The number of nitro groups is 1. The van der Waals surface area contributed by atoms with E-state index in [0.717, 1.165) is 0 Å². The molecule has 7 nitrogen and oxygen atoms in total. The highest BCUT2D eigenvalue weighted by atomic mass is 16.6. The van der Waals surface area contributed by atoms with Crippen molar-refractivity contribution in [3.05, 3.63) is 45.8 Å². The average Bonchev–Trinajstić information content (AvgIpc) is 2.78. The maximum atomic E-state index is 10.8. The number of nitrogens with zero attached hydrogens (tertiary/aromatic N) is 4. The Morgan fingerprint density at radius 1 is 1.50 bits per heavy atom. The van der Waals surface area contributed by atoms with Gasteiger partial charge < -0.3 is 5.11 Å². The van der Waals surface area contributed by atoms with Crippen molar-refractivity contribution in [2.24, 2.45) is 0 Å². The van der Waals surface area contributed by atoms with Gasteiger partial charge in [0.15, 0.2) is 0 Å². The van der Waals surface area contributed by atoms with Crippen LogP contribution in [0.5, 0.6) is 0 Å². The van der Waals surface area contributed by atoms with Crippen LogP contribution in [0.2, 0.25) is 0 Å². The Bertz CT molecular complexity index is 592. The van der Waals surface area contributed by atoms with Crippen LogP contribution < -0.4 is 0 Å². The molecule has 94 valence electrons. The molecule has 2 rings (SSSR count). The number of hydrogen-bond acceptors (Lipinski definition) is 5. The minimum absolute atomic E-state index is 0.0293. The summed E-state index contributed by atoms with van der Waals surface area (Å²) in [6, 6.07) is 4.79. The van der Waals surface area contributed by atoms with Crippen LogP contribution in [-0.4, -0.2) is 25.0 Å². The van der Waals surface area contributed by atoms with Gasteiger partial charge >= 0.3 is 0 Å². The van der Waals surface area contributed by atoms with E-state index in [9.17, 15) is 15.2 Å². The minimum atomic E-state index is -0.723. The molecule has 1 aromatic heterocycles. The van der Waals surface area contributed by atoms with E-state index in [-0.39, 0.29) is 5.69 Å². The third-order valence-electron chi connectivity index (χ3n) is 2.59. The molecule has 18 heavy (non-hydrogen) atoms. The summed E-state index contributed by atoms with van der Waals surface area (Å²) < 4.78 is 1.40. The highest BCUT2D eigenvalue weighted by molar-refractivity contribution is 5.48. The van der Waals surface area contributed by atoms with Crippen LogP contribution in [0, 0.1) is 17.0 Å². The SMILES string of the molecule is Cc1ccc(-n2cc(C(C)O)nn2)cc1[N+](=O)[O-]. The van der Waals surface area contributed by atoms with Gasteiger partial charge in [0.2, 0.25) is 0 Å². The summed E-state index contributed by atoms with van der Waals surface area (Å²) in [5, 5.41) is 27.8. The molecule has 0 aliphatic carbocycles. The Balaban J connectivity index is 2.44. The number of aliphatic hydroxyl groups is 1. The summed E-state index contributed by atoms with van der Waals surface area (Å²) in [4.78, 5) is 10.4. The van der Waals surface area contributed by atoms with E-state index < -0.39 is 11.0 Å². The summed E-state index contributed by atoms with van der Waals surface area (Å²) in [6.45, 7) is 3.25. The van der Waals surface area contributed by atoms with Crippen molar-refractivity contribution in [3.63, 3.8) is 0 Å². The molecule has 0 saturated carbocycles. The molecule has 0 radical (unpaired) electrons. The van der Waals surface area contributed by atoms with Crippen LogP contribution in [0.25, 0.3) is 5.69 Å². The van der Waals surface area contributed by atoms with Gasteiger partial charge in [0.1, 0.15) is 5.69 Å². The zero-order valence-corrected chi connectivity index (χ0v) is 9.94. The van der Waals surface area contributed by atoms with E-state index in [1.54, 1.807) is 32.2 Å². The first-order valence-electron chi connectivity index (χ1n) is 5.35. The lowest BCUT2D eigenvalue weighted by molar-refractivity contribution is -0.385. The van der Waals surface area contributed by atoms with E-state index in [1.807, 2.05) is 0 Å². The molecule has 2 aromatic rings. The van der Waals surface area contributed by atoms with E-state index in [1.165, 1.54) is 10.7 Å². The fraction of sp³-hybridized carbons (Fsp3) is 0.273. The summed E-state index contributed by atoms with van der Waals surface area (Å²) in [5.41, 5.74) is 1.56. The minimum Gasteiger partial charge on any atom is -0.387 e. The predicted molar refractivity (Wildman–Crippen MR) is 63.4 cm³/mol. The molecule has 0 bridgehead atoms. The Morgan fingerprint density at radius 3 is 2.78 bits per heavy atom. The molecule has 0 fully saturated rings. The first kappa shape index (κ1) is 12.2. The molecule has 1 heterocycles. The molecule has 0 aliphatic heterocycles. The number of hydrogen-bond donors (Lipinski definition) is 1. The summed E-state index contributed by atoms with van der Waals surface area (Å²) >= 11 is 0. The average molecular weight is 248 g/mol. The molecular formula is C11H12N4O3. The van der Waals surface area contributed by atoms with Crippen LogP contribution in [0.1, 0.15) is 24.3 Å². The summed E-state index contributed by atoms with van der Waals surface area (Å²) in [7, 11) is 0. The van der Waals surface area contributed by atoms with Gasteiger partial charge in [0.05, 0.1) is 22.9 Å². The summed E-state index contributed by atoms with van der Waals surface area (Å²) in [5.74, 6) is 0. The van der Waals surface area contributed by atoms with Gasteiger partial charge in [0, 0.05) is 11.6 Å². The maximum Gasteiger partial charge on any atom is 0.274 e. The number of aromatic nitrogens is 3. The molecule has 1 aromatic carbocycles. The van der Waals surface area contributed by atoms with Crippen molar-refractivity contribution in [3.8, 4) is 5.69 Å². The molecule has 1 unspecified atom stereocenters. The monoisotopic (exact) mass is 248 g/mol. The standard InChI is InChI=1S/C11H12N4O3/c1-7-3-4-9(5-11(7)15(17)18)14-6-10(8(2)16)12-13-14/h3-6,8,16H,1-2H3. The Kier molecular flexibility index (Phi) is 3.07. The lowest BCUT2D eigenvalue weighted by atomic mass is 10.2. The molecule has 1 N–H and O–H groups in total. The lowest BCUT2D eigenvalue weighted by Crippen LogP contribution is -1.98. The largest absolute Gasteiger partial charge is 0.387 e. The van der Waals surface area contributed by atoms with Crippen LogP contribution in [0.4, 0.5) is 5.69 Å². The van der Waals surface area contributed by atoms with Crippen molar-refractivity contribution in [1.29, 1.82) is 0 Å². The number of benzene rings is 1. The third-order valence-corrected chi connectivity index (χ3v) is 2.59. The van der Waals surface area contributed by atoms with Crippen molar-refractivity contribution >= 4 is 5.69 Å². The number of aryl methyl sites for hydroxylation is 1. The molecule has 0 spiro atoms. The summed E-state index contributed by atoms with van der Waals surface area (Å²) in [6.07, 6.45) is 0.818. The van der Waals surface area contributed by atoms with Crippen LogP contribution in [-0.2, 0) is 0 Å². The molecular weight excluding hydrogens is 236 g/mol. The molecule has 0 amide bonds. The van der Waals surface area contributed by atoms with Crippen molar-refractivity contribution in [2.75, 3.05) is 0 Å². The van der Waals surface area contributed by atoms with Crippen LogP contribution in [0.3, 0.4) is 0 Å². The van der Waals surface area contributed by atoms with E-state index in [0.29, 0.717) is 16.9 Å². The fourth-order valence-electron chi connectivity index (χ4n) is 1.53. The fourth-order valence-corrected chi connectivity index (χ4v) is 1.53. The normalized spacial score (nSPS) is 12.4. The van der Waals surface area contributed by atoms with Crippen molar-refractivity contribution in [2.45, 2.75) is 20.0 Å². The zero-order chi connectivity index (χ0) is 13.3. The smallest absolute Gasteiger partial charge is 0.274 e. The van der Waals surface area contributed by atoms with E-state index in [2.05, 4.69) is 10.3 Å². The maximum absolute atomic E-state index is 10.8. The van der Waals surface area contributed by atoms with Gasteiger partial charge in [-0.3, -0.25) is 10.1 Å². The van der Waals surface area contributed by atoms with E-state index >= 15 is 0 Å². The number of aliphatic hydroxyl groups excluding tert-OH is 1. The lowest BCUT2D eigenvalue weighted by Gasteiger charge is -2.02. The van der Waals surface area contributed by atoms with Gasteiger partial charge in [-0.25, -0.2) is 4.68 Å². The molecule has 1 atom stereocenters. The first-order valence-corrected chi connectivity index (χ1v) is 5.35. The van der Waals surface area contributed by atoms with Crippen molar-refractivity contribution < 1.29 is 10.0 Å². The second kappa shape index (κ2) is 4.53. The Hall–Kier alpha value is -2.28. The highest BCUT2D eigenvalue weighted by Gasteiger charge is 2.13. The Morgan fingerprint density at radius 2 is 2.22 bits per heavy atom. The highest BCUT2D eigenvalue weighted by Crippen LogP contribution is 2.21. The molecule has 0 aliphatic rings. The second-order valence-corrected chi connectivity index (χ2v) is 3.99. The first-order chi connectivity index (χ1) is 8.49. The van der Waals surface area contributed by atoms with Crippen LogP contribution in [0.15, 0.2) is 24.4 Å². The molecule has 0 saturated heterocycles. The topological polar surface area (TPSA) is 94.1 Å². The third kappa shape index (κ3) is 2.21. The van der Waals surface area contributed by atoms with Gasteiger partial charge in [-0.05, 0) is 19.9 Å². The predicted octanol–water partition coefficient (Wildman–Crippen LogP) is 1.54. The van der Waals surface area contributed by atoms with Crippen molar-refractivity contribution in [1.82, 2.24) is 15.0 Å². The van der Waals surface area contributed by atoms with Gasteiger partial charge in [-0.2, -0.15) is 0 Å². The molecule has 7 heteroatoms. The number of nitro benzene ring substituents is 1. The zero-order valence-electron chi connectivity index (χ0n) is 9.94. The quantitative estimate of drug-likeness (QED) is 0.656. The second-order valence-electron chi connectivity index (χ2n) is 3.99. The van der Waals surface area contributed by atoms with Crippen LogP contribution >= 0.6 is 0 Å². The van der Waals surface area contributed by atoms with Gasteiger partial charge in [-0.15, -0.1) is 5.10 Å². The Labute approximate surface area is 103 Å².